The zero-order valence-electron chi connectivity index (χ0n) is 19.1. The number of oxazole rings is 1. The van der Waals surface area contributed by atoms with Gasteiger partial charge in [0, 0.05) is 43.6 Å². The third-order valence-electron chi connectivity index (χ3n) is 6.65. The van der Waals surface area contributed by atoms with Gasteiger partial charge in [0.15, 0.2) is 5.58 Å². The standard InChI is InChI=1S/C24H26N8O2/c1-14-8-26-23(30-22(14)27-17-3-5-20-19(7-17)29-24(33)34-20)28-18-4-6-21(25-9-18)32-12-15-10-31(2)11-16(15)13-32/h3-9,15-16H,10-13H2,1-2H3,(H,29,33)(H2,26,27,28,30). The second-order valence-electron chi connectivity index (χ2n) is 9.25. The summed E-state index contributed by atoms with van der Waals surface area (Å²) in [4.78, 5) is 32.6. The molecular weight excluding hydrogens is 432 g/mol. The Morgan fingerprint density at radius 3 is 2.56 bits per heavy atom. The van der Waals surface area contributed by atoms with Crippen LogP contribution in [0.3, 0.4) is 0 Å². The van der Waals surface area contributed by atoms with Gasteiger partial charge in [0.25, 0.3) is 0 Å². The van der Waals surface area contributed by atoms with Crippen molar-refractivity contribution in [3.63, 3.8) is 0 Å². The lowest BCUT2D eigenvalue weighted by molar-refractivity contribution is 0.387. The first-order valence-corrected chi connectivity index (χ1v) is 11.4. The van der Waals surface area contributed by atoms with Crippen LogP contribution in [0.15, 0.2) is 51.9 Å². The van der Waals surface area contributed by atoms with Crippen LogP contribution < -0.4 is 21.3 Å². The fraction of sp³-hybridized carbons (Fsp3) is 0.333. The Hall–Kier alpha value is -3.92. The van der Waals surface area contributed by atoms with Crippen LogP contribution in [0.2, 0.25) is 0 Å². The summed E-state index contributed by atoms with van der Waals surface area (Å²) >= 11 is 0. The van der Waals surface area contributed by atoms with Crippen molar-refractivity contribution in [2.24, 2.45) is 11.8 Å². The molecule has 2 atom stereocenters. The molecule has 5 heterocycles. The van der Waals surface area contributed by atoms with E-state index in [0.717, 1.165) is 47.7 Å². The number of rotatable bonds is 5. The van der Waals surface area contributed by atoms with Crippen molar-refractivity contribution in [2.75, 3.05) is 48.8 Å². The molecule has 6 rings (SSSR count). The summed E-state index contributed by atoms with van der Waals surface area (Å²) in [5.74, 6) is 3.16. The molecule has 2 aliphatic rings. The highest BCUT2D eigenvalue weighted by atomic mass is 16.4. The second kappa shape index (κ2) is 8.14. The Labute approximate surface area is 196 Å². The van der Waals surface area contributed by atoms with Crippen molar-refractivity contribution in [3.05, 3.63) is 58.8 Å². The van der Waals surface area contributed by atoms with Gasteiger partial charge in [-0.25, -0.2) is 14.8 Å². The van der Waals surface area contributed by atoms with Crippen molar-refractivity contribution in [1.29, 1.82) is 0 Å². The van der Waals surface area contributed by atoms with Gasteiger partial charge in [-0.3, -0.25) is 4.98 Å². The van der Waals surface area contributed by atoms with E-state index in [0.29, 0.717) is 22.9 Å². The number of likely N-dealkylation sites (tertiary alicyclic amines) is 1. The minimum Gasteiger partial charge on any atom is -0.408 e. The molecule has 2 unspecified atom stereocenters. The first-order chi connectivity index (χ1) is 16.5. The average molecular weight is 459 g/mol. The van der Waals surface area contributed by atoms with Gasteiger partial charge in [-0.2, -0.15) is 4.98 Å². The lowest BCUT2D eigenvalue weighted by atomic mass is 10.0. The first-order valence-electron chi connectivity index (χ1n) is 11.4. The Morgan fingerprint density at radius 1 is 1.00 bits per heavy atom. The quantitative estimate of drug-likeness (QED) is 0.415. The minimum atomic E-state index is -0.475. The van der Waals surface area contributed by atoms with Crippen LogP contribution in [0.1, 0.15) is 5.56 Å². The summed E-state index contributed by atoms with van der Waals surface area (Å²) in [6.07, 6.45) is 3.59. The van der Waals surface area contributed by atoms with E-state index < -0.39 is 5.76 Å². The van der Waals surface area contributed by atoms with Crippen molar-refractivity contribution in [2.45, 2.75) is 6.92 Å². The van der Waals surface area contributed by atoms with Crippen molar-refractivity contribution in [3.8, 4) is 0 Å². The monoisotopic (exact) mass is 458 g/mol. The number of H-pyrrole nitrogens is 1. The Kier molecular flexibility index (Phi) is 4.95. The van der Waals surface area contributed by atoms with Crippen LogP contribution in [0.4, 0.5) is 29.0 Å². The maximum Gasteiger partial charge on any atom is 0.417 e. The smallest absolute Gasteiger partial charge is 0.408 e. The second-order valence-corrected chi connectivity index (χ2v) is 9.25. The van der Waals surface area contributed by atoms with Gasteiger partial charge in [-0.05, 0) is 56.1 Å². The summed E-state index contributed by atoms with van der Waals surface area (Å²) in [5, 5.41) is 6.53. The number of aryl methyl sites for hydroxylation is 1. The van der Waals surface area contributed by atoms with Crippen LogP contribution in [-0.4, -0.2) is 58.1 Å². The maximum atomic E-state index is 11.4. The van der Waals surface area contributed by atoms with Gasteiger partial charge in [0.1, 0.15) is 11.6 Å². The molecule has 2 saturated heterocycles. The number of nitrogens with one attached hydrogen (secondary N) is 3. The summed E-state index contributed by atoms with van der Waals surface area (Å²) < 4.78 is 5.06. The van der Waals surface area contributed by atoms with Crippen molar-refractivity contribution in [1.82, 2.24) is 24.8 Å². The van der Waals surface area contributed by atoms with Crippen LogP contribution in [0, 0.1) is 18.8 Å². The fourth-order valence-corrected chi connectivity index (χ4v) is 4.99. The van der Waals surface area contributed by atoms with Gasteiger partial charge < -0.3 is 24.9 Å². The molecule has 0 radical (unpaired) electrons. The van der Waals surface area contributed by atoms with Crippen LogP contribution >= 0.6 is 0 Å². The zero-order chi connectivity index (χ0) is 23.2. The highest BCUT2D eigenvalue weighted by Gasteiger charge is 2.38. The molecule has 4 aromatic rings. The molecule has 174 valence electrons. The van der Waals surface area contributed by atoms with Gasteiger partial charge in [0.2, 0.25) is 5.95 Å². The number of aromatic amines is 1. The number of hydrogen-bond acceptors (Lipinski definition) is 9. The van der Waals surface area contributed by atoms with E-state index in [4.69, 9.17) is 4.42 Å². The van der Waals surface area contributed by atoms with Crippen LogP contribution in [0.5, 0.6) is 0 Å². The highest BCUT2D eigenvalue weighted by molar-refractivity contribution is 5.78. The Balaban J connectivity index is 1.15. The summed E-state index contributed by atoms with van der Waals surface area (Å²) in [7, 11) is 2.20. The minimum absolute atomic E-state index is 0.471. The molecule has 2 fully saturated rings. The molecule has 2 aliphatic heterocycles. The van der Waals surface area contributed by atoms with Crippen molar-refractivity contribution >= 4 is 40.1 Å². The number of pyridine rings is 1. The first kappa shape index (κ1) is 20.7. The predicted molar refractivity (Wildman–Crippen MR) is 131 cm³/mol. The van der Waals surface area contributed by atoms with Gasteiger partial charge in [0.05, 0.1) is 17.4 Å². The normalized spacial score (nSPS) is 20.1. The molecule has 3 N–H and O–H groups in total. The number of benzene rings is 1. The molecule has 0 spiro atoms. The number of aromatic nitrogens is 4. The molecular formula is C24H26N8O2. The van der Waals surface area contributed by atoms with Crippen LogP contribution in [-0.2, 0) is 0 Å². The molecule has 0 bridgehead atoms. The summed E-state index contributed by atoms with van der Waals surface area (Å²) in [6, 6.07) is 9.46. The van der Waals surface area contributed by atoms with Gasteiger partial charge >= 0.3 is 5.76 Å². The van der Waals surface area contributed by atoms with E-state index in [9.17, 15) is 4.79 Å². The molecule has 10 nitrogen and oxygen atoms in total. The SMILES string of the molecule is Cc1cnc(Nc2ccc(N3CC4CN(C)CC4C3)nc2)nc1Nc1ccc2oc(=O)[nH]c2c1. The number of hydrogen-bond donors (Lipinski definition) is 3. The van der Waals surface area contributed by atoms with E-state index in [1.165, 1.54) is 13.1 Å². The maximum absolute atomic E-state index is 11.4. The van der Waals surface area contributed by atoms with Crippen molar-refractivity contribution < 1.29 is 4.42 Å². The Morgan fingerprint density at radius 2 is 1.79 bits per heavy atom. The van der Waals surface area contributed by atoms with E-state index in [-0.39, 0.29) is 0 Å². The van der Waals surface area contributed by atoms with Gasteiger partial charge in [-0.15, -0.1) is 0 Å². The lowest BCUT2D eigenvalue weighted by Gasteiger charge is -2.20. The Bertz CT molecular complexity index is 1380. The summed E-state index contributed by atoms with van der Waals surface area (Å²) in [5.41, 5.74) is 3.64. The molecule has 10 heteroatoms. The largest absolute Gasteiger partial charge is 0.417 e. The lowest BCUT2D eigenvalue weighted by Crippen LogP contribution is -2.27. The van der Waals surface area contributed by atoms with E-state index in [1.807, 2.05) is 31.3 Å². The topological polar surface area (TPSA) is 115 Å². The average Bonchev–Trinajstić information content (AvgIpc) is 3.48. The van der Waals surface area contributed by atoms with Gasteiger partial charge in [-0.1, -0.05) is 0 Å². The molecule has 1 aromatic carbocycles. The molecule has 0 saturated carbocycles. The molecule has 0 aliphatic carbocycles. The number of anilines is 5. The molecule has 34 heavy (non-hydrogen) atoms. The predicted octanol–water partition coefficient (Wildman–Crippen LogP) is 3.10. The highest BCUT2D eigenvalue weighted by Crippen LogP contribution is 2.33. The van der Waals surface area contributed by atoms with E-state index in [1.54, 1.807) is 12.3 Å². The third-order valence-corrected chi connectivity index (χ3v) is 6.65. The third kappa shape index (κ3) is 3.96. The van der Waals surface area contributed by atoms with Crippen LogP contribution in [0.25, 0.3) is 11.1 Å². The fourth-order valence-electron chi connectivity index (χ4n) is 4.99. The summed E-state index contributed by atoms with van der Waals surface area (Å²) in [6.45, 7) is 6.43. The zero-order valence-corrected chi connectivity index (χ0v) is 19.1. The molecule has 0 amide bonds. The van der Waals surface area contributed by atoms with E-state index >= 15 is 0 Å². The number of nitrogens with zero attached hydrogens (tertiary/aromatic N) is 5. The number of fused-ring (bicyclic) bond motifs is 2. The molecule has 3 aromatic heterocycles. The van der Waals surface area contributed by atoms with E-state index in [2.05, 4.69) is 53.5 Å².